The number of allylic oxidation sites excluding steroid dienone is 1. The van der Waals surface area contributed by atoms with Crippen LogP contribution in [-0.2, 0) is 11.3 Å². The van der Waals surface area contributed by atoms with Crippen LogP contribution in [0.5, 0.6) is 0 Å². The van der Waals surface area contributed by atoms with Crippen molar-refractivity contribution in [1.82, 2.24) is 19.9 Å². The molecule has 0 aliphatic heterocycles. The Morgan fingerprint density at radius 1 is 1.37 bits per heavy atom. The van der Waals surface area contributed by atoms with Crippen LogP contribution in [0, 0.1) is 0 Å². The lowest BCUT2D eigenvalue weighted by Crippen LogP contribution is -2.33. The van der Waals surface area contributed by atoms with E-state index in [1.807, 2.05) is 13.8 Å². The summed E-state index contributed by atoms with van der Waals surface area (Å²) in [5.74, 6) is 0.128. The average Bonchev–Trinajstić information content (AvgIpc) is 3.07. The van der Waals surface area contributed by atoms with Gasteiger partial charge in [-0.3, -0.25) is 14.2 Å². The summed E-state index contributed by atoms with van der Waals surface area (Å²) in [5, 5.41) is 4.20. The highest BCUT2D eigenvalue weighted by atomic mass is 32.2. The van der Waals surface area contributed by atoms with Crippen LogP contribution < -0.4 is 15.8 Å². The molecule has 2 rings (SSSR count). The Kier molecular flexibility index (Phi) is 7.85. The number of rotatable bonds is 10. The van der Waals surface area contributed by atoms with E-state index in [-0.39, 0.29) is 23.3 Å². The van der Waals surface area contributed by atoms with Gasteiger partial charge >= 0.3 is 0 Å². The zero-order valence-corrected chi connectivity index (χ0v) is 18.0. The SMILES string of the molecule is C=CCn1c(SCC(=O)N[C@H](C)CC)nc2nc(N(CC)CC)sc2c1=O. The minimum atomic E-state index is -0.138. The first-order chi connectivity index (χ1) is 12.9. The number of hydrogen-bond acceptors (Lipinski definition) is 7. The number of nitrogens with one attached hydrogen (secondary N) is 1. The zero-order valence-electron chi connectivity index (χ0n) is 16.3. The van der Waals surface area contributed by atoms with Crippen molar-refractivity contribution in [3.8, 4) is 0 Å². The number of anilines is 1. The number of thioether (sulfide) groups is 1. The maximum Gasteiger partial charge on any atom is 0.274 e. The van der Waals surface area contributed by atoms with E-state index in [2.05, 4.69) is 40.6 Å². The van der Waals surface area contributed by atoms with E-state index in [9.17, 15) is 9.59 Å². The van der Waals surface area contributed by atoms with E-state index >= 15 is 0 Å². The summed E-state index contributed by atoms with van der Waals surface area (Å²) in [6, 6.07) is 0.124. The van der Waals surface area contributed by atoms with Crippen molar-refractivity contribution in [1.29, 1.82) is 0 Å². The quantitative estimate of drug-likeness (QED) is 0.369. The minimum Gasteiger partial charge on any atom is -0.353 e. The smallest absolute Gasteiger partial charge is 0.274 e. The molecule has 0 aliphatic carbocycles. The molecule has 27 heavy (non-hydrogen) atoms. The highest BCUT2D eigenvalue weighted by molar-refractivity contribution is 7.99. The fraction of sp³-hybridized carbons (Fsp3) is 0.556. The number of thiazole rings is 1. The average molecular weight is 410 g/mol. The van der Waals surface area contributed by atoms with Gasteiger partial charge in [0.05, 0.1) is 5.75 Å². The van der Waals surface area contributed by atoms with Gasteiger partial charge in [-0.05, 0) is 27.2 Å². The molecule has 0 fully saturated rings. The molecule has 1 amide bonds. The molecule has 0 radical (unpaired) electrons. The lowest BCUT2D eigenvalue weighted by molar-refractivity contribution is -0.119. The molecule has 0 aliphatic rings. The highest BCUT2D eigenvalue weighted by Gasteiger charge is 2.18. The number of carbonyl (C=O) groups is 1. The molecule has 1 N–H and O–H groups in total. The van der Waals surface area contributed by atoms with Crippen LogP contribution >= 0.6 is 23.1 Å². The molecule has 2 aromatic rings. The fourth-order valence-corrected chi connectivity index (χ4v) is 4.34. The predicted octanol–water partition coefficient (Wildman–Crippen LogP) is 2.89. The van der Waals surface area contributed by atoms with Crippen LogP contribution in [0.15, 0.2) is 22.6 Å². The van der Waals surface area contributed by atoms with Gasteiger partial charge in [-0.1, -0.05) is 36.1 Å². The first-order valence-electron chi connectivity index (χ1n) is 9.14. The lowest BCUT2D eigenvalue weighted by atomic mass is 10.3. The van der Waals surface area contributed by atoms with Gasteiger partial charge in [0.2, 0.25) is 5.91 Å². The number of hydrogen-bond donors (Lipinski definition) is 1. The van der Waals surface area contributed by atoms with Gasteiger partial charge in [0.1, 0.15) is 4.70 Å². The Morgan fingerprint density at radius 3 is 2.67 bits per heavy atom. The topological polar surface area (TPSA) is 80.1 Å². The van der Waals surface area contributed by atoms with Crippen molar-refractivity contribution >= 4 is 44.5 Å². The summed E-state index contributed by atoms with van der Waals surface area (Å²) in [7, 11) is 0. The summed E-state index contributed by atoms with van der Waals surface area (Å²) in [5.41, 5.74) is 0.303. The molecule has 0 unspecified atom stereocenters. The zero-order chi connectivity index (χ0) is 20.0. The number of nitrogens with zero attached hydrogens (tertiary/aromatic N) is 4. The number of aromatic nitrogens is 3. The Balaban J connectivity index is 2.36. The summed E-state index contributed by atoms with van der Waals surface area (Å²) < 4.78 is 2.09. The van der Waals surface area contributed by atoms with E-state index in [0.717, 1.165) is 24.6 Å². The Hall–Kier alpha value is -1.87. The molecule has 0 spiro atoms. The van der Waals surface area contributed by atoms with Gasteiger partial charge in [0, 0.05) is 25.7 Å². The van der Waals surface area contributed by atoms with Gasteiger partial charge < -0.3 is 10.2 Å². The number of amides is 1. The Bertz CT molecular complexity index is 857. The van der Waals surface area contributed by atoms with E-state index in [0.29, 0.717) is 22.0 Å². The number of carbonyl (C=O) groups excluding carboxylic acids is 1. The van der Waals surface area contributed by atoms with Crippen molar-refractivity contribution < 1.29 is 4.79 Å². The van der Waals surface area contributed by atoms with Gasteiger partial charge in [-0.2, -0.15) is 4.98 Å². The summed E-state index contributed by atoms with van der Waals surface area (Å²) >= 11 is 2.61. The van der Waals surface area contributed by atoms with E-state index in [1.54, 1.807) is 10.6 Å². The van der Waals surface area contributed by atoms with Crippen LogP contribution in [0.25, 0.3) is 10.3 Å². The third kappa shape index (κ3) is 5.10. The Morgan fingerprint density at radius 2 is 2.07 bits per heavy atom. The molecule has 0 saturated carbocycles. The van der Waals surface area contributed by atoms with Crippen LogP contribution in [0.2, 0.25) is 0 Å². The van der Waals surface area contributed by atoms with E-state index in [4.69, 9.17) is 0 Å². The molecule has 148 valence electrons. The molecule has 2 aromatic heterocycles. The van der Waals surface area contributed by atoms with Crippen molar-refractivity contribution in [2.75, 3.05) is 23.7 Å². The van der Waals surface area contributed by atoms with Crippen molar-refractivity contribution in [2.45, 2.75) is 51.9 Å². The standard InChI is InChI=1S/C18H27N5O2S2/c1-6-10-23-16(25)14-15(20-17(27-14)22(8-3)9-4)21-18(23)26-11-13(24)19-12(5)7-2/h6,12H,1,7-11H2,2-5H3,(H,19,24)/t12-/m1/s1. The van der Waals surface area contributed by atoms with Gasteiger partial charge in [0.25, 0.3) is 5.56 Å². The van der Waals surface area contributed by atoms with Crippen LogP contribution in [-0.4, -0.2) is 45.3 Å². The van der Waals surface area contributed by atoms with Gasteiger partial charge in [0.15, 0.2) is 15.9 Å². The normalized spacial score (nSPS) is 12.1. The summed E-state index contributed by atoms with van der Waals surface area (Å²) in [6.45, 7) is 13.8. The fourth-order valence-electron chi connectivity index (χ4n) is 2.45. The van der Waals surface area contributed by atoms with Gasteiger partial charge in [-0.15, -0.1) is 6.58 Å². The molecule has 0 aromatic carbocycles. The molecule has 7 nitrogen and oxygen atoms in total. The second-order valence-electron chi connectivity index (χ2n) is 6.09. The van der Waals surface area contributed by atoms with Crippen molar-refractivity contribution in [3.63, 3.8) is 0 Å². The first kappa shape index (κ1) is 21.4. The highest BCUT2D eigenvalue weighted by Crippen LogP contribution is 2.27. The Labute approximate surface area is 167 Å². The van der Waals surface area contributed by atoms with Crippen LogP contribution in [0.4, 0.5) is 5.13 Å². The maximum atomic E-state index is 12.9. The first-order valence-corrected chi connectivity index (χ1v) is 10.9. The molecule has 9 heteroatoms. The molecular formula is C18H27N5O2S2. The predicted molar refractivity (Wildman–Crippen MR) is 114 cm³/mol. The molecule has 2 heterocycles. The second-order valence-corrected chi connectivity index (χ2v) is 8.01. The van der Waals surface area contributed by atoms with Gasteiger partial charge in [-0.25, -0.2) is 4.98 Å². The summed E-state index contributed by atoms with van der Waals surface area (Å²) in [6.07, 6.45) is 2.53. The van der Waals surface area contributed by atoms with E-state index in [1.165, 1.54) is 23.1 Å². The second kappa shape index (κ2) is 9.89. The van der Waals surface area contributed by atoms with E-state index < -0.39 is 0 Å². The van der Waals surface area contributed by atoms with Crippen molar-refractivity contribution in [2.24, 2.45) is 0 Å². The summed E-state index contributed by atoms with van der Waals surface area (Å²) in [4.78, 5) is 36.2. The third-order valence-corrected chi connectivity index (χ3v) is 6.24. The number of fused-ring (bicyclic) bond motifs is 1. The molecule has 0 saturated heterocycles. The lowest BCUT2D eigenvalue weighted by Gasteiger charge is -2.15. The monoisotopic (exact) mass is 409 g/mol. The largest absolute Gasteiger partial charge is 0.353 e. The van der Waals surface area contributed by atoms with Crippen LogP contribution in [0.1, 0.15) is 34.1 Å². The maximum absolute atomic E-state index is 12.9. The molecular weight excluding hydrogens is 382 g/mol. The molecule has 1 atom stereocenters. The molecule has 0 bridgehead atoms. The minimum absolute atomic E-state index is 0.0732. The van der Waals surface area contributed by atoms with Crippen molar-refractivity contribution in [3.05, 3.63) is 23.0 Å². The van der Waals surface area contributed by atoms with Crippen LogP contribution in [0.3, 0.4) is 0 Å². The third-order valence-electron chi connectivity index (χ3n) is 4.17.